The van der Waals surface area contributed by atoms with Gasteiger partial charge < -0.3 is 10.1 Å². The lowest BCUT2D eigenvalue weighted by Gasteiger charge is -2.18. The summed E-state index contributed by atoms with van der Waals surface area (Å²) >= 11 is 0. The van der Waals surface area contributed by atoms with Crippen LogP contribution in [0.4, 0.5) is 23.7 Å². The Morgan fingerprint density at radius 3 is 2.21 bits per heavy atom. The summed E-state index contributed by atoms with van der Waals surface area (Å²) in [7, 11) is -4.51. The van der Waals surface area contributed by atoms with Crippen molar-refractivity contribution in [2.24, 2.45) is 0 Å². The number of urea groups is 1. The highest BCUT2D eigenvalue weighted by molar-refractivity contribution is 7.89. The smallest absolute Gasteiger partial charge is 0.416 e. The highest BCUT2D eigenvalue weighted by Gasteiger charge is 2.32. The Labute approximate surface area is 187 Å². The van der Waals surface area contributed by atoms with Crippen molar-refractivity contribution in [1.29, 1.82) is 0 Å². The molecule has 9 nitrogen and oxygen atoms in total. The summed E-state index contributed by atoms with van der Waals surface area (Å²) in [5, 5.41) is 4.34. The van der Waals surface area contributed by atoms with Gasteiger partial charge in [0.1, 0.15) is 6.04 Å². The minimum Gasteiger partial charge on any atom is -0.451 e. The number of nitrogens with one attached hydrogen (secondary N) is 3. The number of sulfonamides is 1. The van der Waals surface area contributed by atoms with Gasteiger partial charge in [0.2, 0.25) is 10.0 Å². The van der Waals surface area contributed by atoms with Crippen molar-refractivity contribution in [1.82, 2.24) is 10.0 Å². The Kier molecular flexibility index (Phi) is 8.17. The van der Waals surface area contributed by atoms with Gasteiger partial charge in [-0.3, -0.25) is 14.9 Å². The van der Waals surface area contributed by atoms with E-state index < -0.39 is 56.7 Å². The number of amides is 3. The van der Waals surface area contributed by atoms with E-state index in [0.717, 1.165) is 26.0 Å². The van der Waals surface area contributed by atoms with Gasteiger partial charge in [0.25, 0.3) is 5.91 Å². The number of para-hydroxylation sites is 1. The van der Waals surface area contributed by atoms with Gasteiger partial charge in [-0.1, -0.05) is 24.3 Å². The topological polar surface area (TPSA) is 131 Å². The molecule has 3 N–H and O–H groups in total. The van der Waals surface area contributed by atoms with Gasteiger partial charge in [0, 0.05) is 5.69 Å². The molecule has 1 unspecified atom stereocenters. The molecule has 0 heterocycles. The van der Waals surface area contributed by atoms with E-state index in [2.05, 4.69) is 5.32 Å². The van der Waals surface area contributed by atoms with E-state index >= 15 is 0 Å². The van der Waals surface area contributed by atoms with E-state index in [0.29, 0.717) is 17.8 Å². The number of benzene rings is 2. The fourth-order valence-corrected chi connectivity index (χ4v) is 3.65. The molecule has 0 aliphatic carbocycles. The Bertz CT molecular complexity index is 1120. The third-order valence-corrected chi connectivity index (χ3v) is 5.63. The zero-order valence-electron chi connectivity index (χ0n) is 17.3. The van der Waals surface area contributed by atoms with E-state index in [4.69, 9.17) is 4.74 Å². The molecule has 0 aliphatic rings. The van der Waals surface area contributed by atoms with Crippen LogP contribution in [0.1, 0.15) is 19.4 Å². The van der Waals surface area contributed by atoms with Crippen molar-refractivity contribution in [2.75, 3.05) is 5.32 Å². The second kappa shape index (κ2) is 10.4. The van der Waals surface area contributed by atoms with Crippen LogP contribution in [0.15, 0.2) is 59.5 Å². The predicted octanol–water partition coefficient (Wildman–Crippen LogP) is 2.65. The second-order valence-corrected chi connectivity index (χ2v) is 8.47. The number of carbonyl (C=O) groups excluding carboxylic acids is 3. The van der Waals surface area contributed by atoms with Gasteiger partial charge in [-0.2, -0.15) is 17.9 Å². The molecule has 0 aliphatic heterocycles. The standard InChI is InChI=1S/C20H20F3N3O6S/c1-12(26-33(30,31)16-10-6-7-14(11-16)20(21,22)23)18(28)32-13(2)17(27)25-19(29)24-15-8-4-3-5-9-15/h3-13,26H,1-2H3,(H2,24,25,27,29)/t12-,13?/m0/s1. The molecule has 2 aromatic rings. The lowest BCUT2D eigenvalue weighted by molar-refractivity contribution is -0.155. The van der Waals surface area contributed by atoms with Crippen LogP contribution in [0.2, 0.25) is 0 Å². The maximum atomic E-state index is 12.8. The van der Waals surface area contributed by atoms with Crippen LogP contribution in [0.3, 0.4) is 0 Å². The molecule has 2 atom stereocenters. The molecule has 2 aromatic carbocycles. The number of esters is 1. The molecule has 3 amide bonds. The number of rotatable bonds is 7. The van der Waals surface area contributed by atoms with Crippen molar-refractivity contribution in [3.05, 3.63) is 60.2 Å². The lowest BCUT2D eigenvalue weighted by Crippen LogP contribution is -2.45. The second-order valence-electron chi connectivity index (χ2n) is 6.76. The van der Waals surface area contributed by atoms with Crippen LogP contribution in [-0.2, 0) is 30.5 Å². The summed E-state index contributed by atoms with van der Waals surface area (Å²) in [5.41, 5.74) is -0.773. The van der Waals surface area contributed by atoms with Gasteiger partial charge in [0.05, 0.1) is 10.5 Å². The molecule has 13 heteroatoms. The predicted molar refractivity (Wildman–Crippen MR) is 110 cm³/mol. The summed E-state index contributed by atoms with van der Waals surface area (Å²) < 4.78 is 69.9. The minimum absolute atomic E-state index is 0.407. The van der Waals surface area contributed by atoms with Crippen molar-refractivity contribution in [3.8, 4) is 0 Å². The van der Waals surface area contributed by atoms with E-state index in [9.17, 15) is 36.0 Å². The fourth-order valence-electron chi connectivity index (χ4n) is 2.42. The minimum atomic E-state index is -4.76. The Balaban J connectivity index is 1.95. The highest BCUT2D eigenvalue weighted by atomic mass is 32.2. The quantitative estimate of drug-likeness (QED) is 0.515. The molecule has 178 valence electrons. The van der Waals surface area contributed by atoms with Crippen LogP contribution < -0.4 is 15.4 Å². The largest absolute Gasteiger partial charge is 0.451 e. The van der Waals surface area contributed by atoms with Crippen molar-refractivity contribution in [3.63, 3.8) is 0 Å². The lowest BCUT2D eigenvalue weighted by atomic mass is 10.2. The van der Waals surface area contributed by atoms with Gasteiger partial charge in [0.15, 0.2) is 6.10 Å². The van der Waals surface area contributed by atoms with Crippen molar-refractivity contribution in [2.45, 2.75) is 37.1 Å². The maximum Gasteiger partial charge on any atom is 0.416 e. The third kappa shape index (κ3) is 7.57. The molecule has 0 fully saturated rings. The van der Waals surface area contributed by atoms with Crippen molar-refractivity contribution >= 4 is 33.6 Å². The van der Waals surface area contributed by atoms with E-state index in [1.807, 2.05) is 10.0 Å². The number of imide groups is 1. The number of carbonyl (C=O) groups is 3. The van der Waals surface area contributed by atoms with E-state index in [1.54, 1.807) is 30.3 Å². The average molecular weight is 487 g/mol. The van der Waals surface area contributed by atoms with Gasteiger partial charge >= 0.3 is 18.2 Å². The van der Waals surface area contributed by atoms with E-state index in [-0.39, 0.29) is 0 Å². The van der Waals surface area contributed by atoms with E-state index in [1.165, 1.54) is 0 Å². The van der Waals surface area contributed by atoms with Gasteiger partial charge in [-0.25, -0.2) is 13.2 Å². The van der Waals surface area contributed by atoms with Crippen LogP contribution in [0.25, 0.3) is 0 Å². The first-order chi connectivity index (χ1) is 15.3. The Hall–Kier alpha value is -3.45. The van der Waals surface area contributed by atoms with Crippen LogP contribution >= 0.6 is 0 Å². The molecule has 0 aromatic heterocycles. The summed E-state index contributed by atoms with van der Waals surface area (Å²) in [6, 6.07) is 8.71. The van der Waals surface area contributed by atoms with Crippen LogP contribution in [-0.4, -0.2) is 38.5 Å². The first kappa shape index (κ1) is 25.8. The molecule has 0 saturated heterocycles. The molecule has 0 radical (unpaired) electrons. The third-order valence-electron chi connectivity index (χ3n) is 4.09. The molecule has 0 bridgehead atoms. The summed E-state index contributed by atoms with van der Waals surface area (Å²) in [6.07, 6.45) is -6.23. The van der Waals surface area contributed by atoms with Gasteiger partial charge in [-0.15, -0.1) is 0 Å². The molecule has 0 saturated carbocycles. The number of anilines is 1. The SMILES string of the molecule is CC(OC(=O)[C@H](C)NS(=O)(=O)c1cccc(C(F)(F)F)c1)C(=O)NC(=O)Nc1ccccc1. The van der Waals surface area contributed by atoms with Gasteiger partial charge in [-0.05, 0) is 44.2 Å². The summed E-state index contributed by atoms with van der Waals surface area (Å²) in [6.45, 7) is 2.23. The van der Waals surface area contributed by atoms with Crippen molar-refractivity contribution < 1.29 is 40.7 Å². The molecule has 2 rings (SSSR count). The Morgan fingerprint density at radius 1 is 0.970 bits per heavy atom. The number of hydrogen-bond donors (Lipinski definition) is 3. The molecular formula is C20H20F3N3O6S. The molecule has 33 heavy (non-hydrogen) atoms. The van der Waals surface area contributed by atoms with Crippen LogP contribution in [0.5, 0.6) is 0 Å². The highest BCUT2D eigenvalue weighted by Crippen LogP contribution is 2.30. The molecular weight excluding hydrogens is 467 g/mol. The normalized spacial score (nSPS) is 13.5. The van der Waals surface area contributed by atoms with Crippen LogP contribution in [0, 0.1) is 0 Å². The maximum absolute atomic E-state index is 12.8. The Morgan fingerprint density at radius 2 is 1.61 bits per heavy atom. The number of alkyl halides is 3. The number of ether oxygens (including phenoxy) is 1. The first-order valence-electron chi connectivity index (χ1n) is 9.36. The fraction of sp³-hybridized carbons (Fsp3) is 0.250. The average Bonchev–Trinajstić information content (AvgIpc) is 2.73. The first-order valence-corrected chi connectivity index (χ1v) is 10.8. The zero-order chi connectivity index (χ0) is 24.8. The molecule has 0 spiro atoms. The monoisotopic (exact) mass is 487 g/mol. The summed E-state index contributed by atoms with van der Waals surface area (Å²) in [5.74, 6) is -2.17. The number of hydrogen-bond acceptors (Lipinski definition) is 6. The summed E-state index contributed by atoms with van der Waals surface area (Å²) in [4.78, 5) is 35.3. The number of halogens is 3. The zero-order valence-corrected chi connectivity index (χ0v) is 18.2.